The first-order valence-electron chi connectivity index (χ1n) is 13.1. The third kappa shape index (κ3) is 6.38. The van der Waals surface area contributed by atoms with Crippen LogP contribution in [-0.4, -0.2) is 55.0 Å². The van der Waals surface area contributed by atoms with E-state index in [9.17, 15) is 9.18 Å². The zero-order valence-corrected chi connectivity index (χ0v) is 20.6. The molecule has 1 spiro atoms. The van der Waals surface area contributed by atoms with Crippen molar-refractivity contribution in [1.82, 2.24) is 9.80 Å². The first-order chi connectivity index (χ1) is 16.6. The zero-order chi connectivity index (χ0) is 23.8. The number of amides is 1. The molecule has 2 aromatic carbocycles. The Kier molecular flexibility index (Phi) is 8.60. The first kappa shape index (κ1) is 24.7. The largest absolute Gasteiger partial charge is 0.492 e. The van der Waals surface area contributed by atoms with Gasteiger partial charge in [-0.3, -0.25) is 9.69 Å². The summed E-state index contributed by atoms with van der Waals surface area (Å²) >= 11 is 0. The lowest BCUT2D eigenvalue weighted by Crippen LogP contribution is -2.48. The molecule has 4 nitrogen and oxygen atoms in total. The van der Waals surface area contributed by atoms with E-state index in [1.54, 1.807) is 12.1 Å². The van der Waals surface area contributed by atoms with Gasteiger partial charge in [0.25, 0.3) is 5.91 Å². The molecule has 0 atom stereocenters. The number of unbranched alkanes of at least 4 members (excludes halogenated alkanes) is 1. The van der Waals surface area contributed by atoms with Gasteiger partial charge in [-0.2, -0.15) is 0 Å². The van der Waals surface area contributed by atoms with Crippen molar-refractivity contribution in [2.24, 2.45) is 5.41 Å². The van der Waals surface area contributed by atoms with Crippen molar-refractivity contribution in [3.63, 3.8) is 0 Å². The van der Waals surface area contributed by atoms with E-state index < -0.39 is 0 Å². The number of para-hydroxylation sites is 1. The third-order valence-electron chi connectivity index (χ3n) is 7.63. The van der Waals surface area contributed by atoms with E-state index in [1.807, 2.05) is 4.90 Å². The van der Waals surface area contributed by atoms with Gasteiger partial charge in [-0.15, -0.1) is 0 Å². The van der Waals surface area contributed by atoms with Crippen molar-refractivity contribution >= 4 is 5.91 Å². The van der Waals surface area contributed by atoms with E-state index in [1.165, 1.54) is 43.4 Å². The van der Waals surface area contributed by atoms with Crippen LogP contribution < -0.4 is 4.74 Å². The predicted molar refractivity (Wildman–Crippen MR) is 135 cm³/mol. The molecular weight excluding hydrogens is 427 g/mol. The number of nitrogens with zero attached hydrogens (tertiary/aromatic N) is 2. The summed E-state index contributed by atoms with van der Waals surface area (Å²) in [5.74, 6) is 0.762. The normalized spacial score (nSPS) is 19.5. The Hall–Kier alpha value is -2.40. The number of halogens is 1. The van der Waals surface area contributed by atoms with Crippen molar-refractivity contribution in [2.75, 3.05) is 39.3 Å². The van der Waals surface area contributed by atoms with Crippen LogP contribution in [-0.2, 0) is 6.42 Å². The maximum absolute atomic E-state index is 13.3. The lowest BCUT2D eigenvalue weighted by Gasteiger charge is -2.45. The van der Waals surface area contributed by atoms with Crippen molar-refractivity contribution in [3.8, 4) is 5.75 Å². The minimum Gasteiger partial charge on any atom is -0.492 e. The molecule has 1 saturated heterocycles. The first-order valence-corrected chi connectivity index (χ1v) is 13.1. The van der Waals surface area contributed by atoms with Gasteiger partial charge in [0.1, 0.15) is 18.2 Å². The molecule has 5 heteroatoms. The molecule has 0 unspecified atom stereocenters. The van der Waals surface area contributed by atoms with E-state index in [4.69, 9.17) is 4.74 Å². The maximum atomic E-state index is 13.3. The quantitative estimate of drug-likeness (QED) is 0.558. The summed E-state index contributed by atoms with van der Waals surface area (Å²) in [4.78, 5) is 17.6. The molecule has 0 radical (unpaired) electrons. The number of rotatable bonds is 4. The second-order valence-corrected chi connectivity index (χ2v) is 10.1. The predicted octanol–water partition coefficient (Wildman–Crippen LogP) is 5.96. The molecule has 1 amide bonds. The second kappa shape index (κ2) is 11.8. The summed E-state index contributed by atoms with van der Waals surface area (Å²) in [6.07, 6.45) is 9.06. The van der Waals surface area contributed by atoms with E-state index >= 15 is 0 Å². The van der Waals surface area contributed by atoms with Gasteiger partial charge in [-0.25, -0.2) is 4.39 Å². The Morgan fingerprint density at radius 2 is 1.76 bits per heavy atom. The molecule has 2 aromatic rings. The van der Waals surface area contributed by atoms with Gasteiger partial charge in [0.2, 0.25) is 0 Å². The average Bonchev–Trinajstić information content (AvgIpc) is 2.86. The summed E-state index contributed by atoms with van der Waals surface area (Å²) < 4.78 is 19.5. The molecule has 0 saturated carbocycles. The van der Waals surface area contributed by atoms with E-state index in [0.717, 1.165) is 64.2 Å². The zero-order valence-electron chi connectivity index (χ0n) is 20.6. The number of piperidine rings is 1. The van der Waals surface area contributed by atoms with Crippen molar-refractivity contribution in [1.29, 1.82) is 0 Å². The fourth-order valence-corrected chi connectivity index (χ4v) is 5.52. The summed E-state index contributed by atoms with van der Waals surface area (Å²) in [7, 11) is 0. The van der Waals surface area contributed by atoms with Gasteiger partial charge in [-0.1, -0.05) is 38.0 Å². The number of hydrogen-bond donors (Lipinski definition) is 0. The van der Waals surface area contributed by atoms with Crippen LogP contribution in [0.2, 0.25) is 0 Å². The van der Waals surface area contributed by atoms with Crippen molar-refractivity contribution < 1.29 is 13.9 Å². The highest BCUT2D eigenvalue weighted by molar-refractivity contribution is 5.94. The SMILES string of the molecule is CCCCN1CCOc2ccccc2CCCCC2(CCN(C(=O)c3ccc(F)cc3)CC2)C1. The number of carbonyl (C=O) groups is 1. The molecule has 184 valence electrons. The second-order valence-electron chi connectivity index (χ2n) is 10.1. The Bertz CT molecular complexity index is 922. The highest BCUT2D eigenvalue weighted by Crippen LogP contribution is 2.39. The Morgan fingerprint density at radius 3 is 2.53 bits per heavy atom. The van der Waals surface area contributed by atoms with Gasteiger partial charge in [0.15, 0.2) is 0 Å². The summed E-state index contributed by atoms with van der Waals surface area (Å²) in [5, 5.41) is 0. The highest BCUT2D eigenvalue weighted by Gasteiger charge is 2.37. The molecule has 0 N–H and O–H groups in total. The monoisotopic (exact) mass is 466 g/mol. The number of hydrogen-bond acceptors (Lipinski definition) is 3. The number of carbonyl (C=O) groups excluding carboxylic acids is 1. The van der Waals surface area contributed by atoms with Crippen LogP contribution in [0.3, 0.4) is 0 Å². The van der Waals surface area contributed by atoms with E-state index in [-0.39, 0.29) is 17.1 Å². The van der Waals surface area contributed by atoms with E-state index in [0.29, 0.717) is 12.2 Å². The van der Waals surface area contributed by atoms with Crippen LogP contribution >= 0.6 is 0 Å². The van der Waals surface area contributed by atoms with Crippen LogP contribution in [0, 0.1) is 11.2 Å². The number of ether oxygens (including phenoxy) is 1. The third-order valence-corrected chi connectivity index (χ3v) is 7.63. The molecule has 2 aliphatic heterocycles. The Morgan fingerprint density at radius 1 is 1.00 bits per heavy atom. The van der Waals surface area contributed by atoms with Crippen LogP contribution in [0.5, 0.6) is 5.75 Å². The van der Waals surface area contributed by atoms with Crippen LogP contribution in [0.4, 0.5) is 4.39 Å². The van der Waals surface area contributed by atoms with Crippen LogP contribution in [0.25, 0.3) is 0 Å². The van der Waals surface area contributed by atoms with Crippen LogP contribution in [0.1, 0.15) is 67.8 Å². The molecule has 2 heterocycles. The maximum Gasteiger partial charge on any atom is 0.253 e. The molecule has 4 rings (SSSR count). The van der Waals surface area contributed by atoms with E-state index in [2.05, 4.69) is 36.1 Å². The minimum atomic E-state index is -0.304. The Balaban J connectivity index is 1.45. The van der Waals surface area contributed by atoms with Crippen molar-refractivity contribution in [2.45, 2.75) is 58.3 Å². The number of benzene rings is 2. The fraction of sp³-hybridized carbons (Fsp3) is 0.552. The van der Waals surface area contributed by atoms with Gasteiger partial charge in [-0.05, 0) is 86.4 Å². The van der Waals surface area contributed by atoms with Crippen LogP contribution in [0.15, 0.2) is 48.5 Å². The Labute approximate surface area is 204 Å². The smallest absolute Gasteiger partial charge is 0.253 e. The van der Waals surface area contributed by atoms with Gasteiger partial charge >= 0.3 is 0 Å². The number of likely N-dealkylation sites (tertiary alicyclic amines) is 1. The van der Waals surface area contributed by atoms with Gasteiger partial charge < -0.3 is 9.64 Å². The standard InChI is InChI=1S/C29H39FN2O2/c1-2-3-18-31-21-22-34-27-10-5-4-8-24(27)9-6-7-15-29(23-31)16-19-32(20-17-29)28(33)25-11-13-26(30)14-12-25/h4-5,8,10-14H,2-3,6-7,9,15-23H2,1H3. The highest BCUT2D eigenvalue weighted by atomic mass is 19.1. The number of aryl methyl sites for hydroxylation is 1. The molecule has 1 fully saturated rings. The summed E-state index contributed by atoms with van der Waals surface area (Å²) in [6, 6.07) is 14.4. The van der Waals surface area contributed by atoms with Gasteiger partial charge in [0.05, 0.1) is 0 Å². The molecule has 0 aliphatic carbocycles. The lowest BCUT2D eigenvalue weighted by molar-refractivity contribution is 0.0375. The molecule has 0 bridgehead atoms. The molecular formula is C29H39FN2O2. The van der Waals surface area contributed by atoms with Gasteiger partial charge in [0, 0.05) is 31.7 Å². The fourth-order valence-electron chi connectivity index (χ4n) is 5.52. The topological polar surface area (TPSA) is 32.8 Å². The summed E-state index contributed by atoms with van der Waals surface area (Å²) in [5.41, 5.74) is 2.14. The lowest BCUT2D eigenvalue weighted by atomic mass is 9.73. The minimum absolute atomic E-state index is 0.0239. The molecule has 0 aromatic heterocycles. The summed E-state index contributed by atoms with van der Waals surface area (Å²) in [6.45, 7) is 7.63. The van der Waals surface area contributed by atoms with Crippen molar-refractivity contribution in [3.05, 3.63) is 65.5 Å². The molecule has 34 heavy (non-hydrogen) atoms. The number of fused-ring (bicyclic) bond motifs is 1. The molecule has 2 aliphatic rings. The average molecular weight is 467 g/mol.